The SMILES string of the molecule is CCOc1cccc(N)c1C(=O)N(C)C1CCC1. The lowest BCUT2D eigenvalue weighted by Crippen LogP contribution is -2.41. The molecule has 1 saturated carbocycles. The Bertz CT molecular complexity index is 441. The first kappa shape index (κ1) is 12.7. The van der Waals surface area contributed by atoms with Crippen molar-refractivity contribution in [3.05, 3.63) is 23.8 Å². The highest BCUT2D eigenvalue weighted by atomic mass is 16.5. The monoisotopic (exact) mass is 248 g/mol. The minimum absolute atomic E-state index is 0.0405. The predicted molar refractivity (Wildman–Crippen MR) is 71.8 cm³/mol. The van der Waals surface area contributed by atoms with Gasteiger partial charge < -0.3 is 15.4 Å². The van der Waals surface area contributed by atoms with Crippen LogP contribution in [0.1, 0.15) is 36.5 Å². The van der Waals surface area contributed by atoms with Gasteiger partial charge >= 0.3 is 0 Å². The fourth-order valence-electron chi connectivity index (χ4n) is 2.17. The van der Waals surface area contributed by atoms with E-state index in [1.165, 1.54) is 6.42 Å². The Labute approximate surface area is 108 Å². The predicted octanol–water partition coefficient (Wildman–Crippen LogP) is 2.29. The number of anilines is 1. The Balaban J connectivity index is 2.27. The van der Waals surface area contributed by atoms with Crippen LogP contribution in [0.2, 0.25) is 0 Å². The average Bonchev–Trinajstić information content (AvgIpc) is 2.26. The Morgan fingerprint density at radius 2 is 2.22 bits per heavy atom. The minimum Gasteiger partial charge on any atom is -0.493 e. The summed E-state index contributed by atoms with van der Waals surface area (Å²) in [5, 5.41) is 0. The number of hydrogen-bond acceptors (Lipinski definition) is 3. The molecule has 0 atom stereocenters. The molecular weight excluding hydrogens is 228 g/mol. The summed E-state index contributed by atoms with van der Waals surface area (Å²) in [6, 6.07) is 5.69. The second-order valence-electron chi connectivity index (χ2n) is 4.65. The van der Waals surface area contributed by atoms with Crippen LogP contribution in [0.5, 0.6) is 5.75 Å². The third-order valence-electron chi connectivity index (χ3n) is 3.51. The van der Waals surface area contributed by atoms with Gasteiger partial charge in [0.1, 0.15) is 11.3 Å². The van der Waals surface area contributed by atoms with Gasteiger partial charge in [0, 0.05) is 18.8 Å². The topological polar surface area (TPSA) is 55.6 Å². The van der Waals surface area contributed by atoms with Crippen LogP contribution in [-0.2, 0) is 0 Å². The Kier molecular flexibility index (Phi) is 3.75. The molecule has 1 fully saturated rings. The van der Waals surface area contributed by atoms with E-state index in [0.717, 1.165) is 12.8 Å². The van der Waals surface area contributed by atoms with Gasteiger partial charge in [-0.2, -0.15) is 0 Å². The second-order valence-corrected chi connectivity index (χ2v) is 4.65. The van der Waals surface area contributed by atoms with Crippen molar-refractivity contribution in [2.45, 2.75) is 32.2 Å². The standard InChI is InChI=1S/C14H20N2O2/c1-3-18-12-9-5-8-11(15)13(12)14(17)16(2)10-6-4-7-10/h5,8-10H,3-4,6-7,15H2,1-2H3. The lowest BCUT2D eigenvalue weighted by atomic mass is 9.91. The molecule has 4 heteroatoms. The Morgan fingerprint density at radius 1 is 1.50 bits per heavy atom. The van der Waals surface area contributed by atoms with Crippen LogP contribution in [0, 0.1) is 0 Å². The summed E-state index contributed by atoms with van der Waals surface area (Å²) in [5.74, 6) is 0.537. The molecule has 0 aromatic heterocycles. The highest BCUT2D eigenvalue weighted by Crippen LogP contribution is 2.30. The molecule has 0 spiro atoms. The summed E-state index contributed by atoms with van der Waals surface area (Å²) in [5.41, 5.74) is 6.90. The molecule has 1 aliphatic rings. The minimum atomic E-state index is -0.0405. The van der Waals surface area contributed by atoms with Crippen molar-refractivity contribution in [2.75, 3.05) is 19.4 Å². The van der Waals surface area contributed by atoms with Crippen molar-refractivity contribution < 1.29 is 9.53 Å². The number of hydrogen-bond donors (Lipinski definition) is 1. The number of nitrogen functional groups attached to an aromatic ring is 1. The number of nitrogens with two attached hydrogens (primary N) is 1. The van der Waals surface area contributed by atoms with Crippen LogP contribution in [0.25, 0.3) is 0 Å². The van der Waals surface area contributed by atoms with Gasteiger partial charge in [0.15, 0.2) is 0 Å². The largest absolute Gasteiger partial charge is 0.493 e. The molecule has 18 heavy (non-hydrogen) atoms. The van der Waals surface area contributed by atoms with E-state index in [4.69, 9.17) is 10.5 Å². The van der Waals surface area contributed by atoms with Crippen LogP contribution < -0.4 is 10.5 Å². The number of rotatable bonds is 4. The van der Waals surface area contributed by atoms with Crippen molar-refractivity contribution in [1.29, 1.82) is 0 Å². The molecule has 0 aliphatic heterocycles. The third kappa shape index (κ3) is 2.28. The molecule has 0 radical (unpaired) electrons. The van der Waals surface area contributed by atoms with Crippen molar-refractivity contribution in [3.63, 3.8) is 0 Å². The van der Waals surface area contributed by atoms with Crippen LogP contribution in [-0.4, -0.2) is 30.5 Å². The van der Waals surface area contributed by atoms with Crippen molar-refractivity contribution in [1.82, 2.24) is 4.90 Å². The summed E-state index contributed by atoms with van der Waals surface area (Å²) in [6.45, 7) is 2.42. The number of nitrogens with zero attached hydrogens (tertiary/aromatic N) is 1. The molecular formula is C14H20N2O2. The van der Waals surface area contributed by atoms with Gasteiger partial charge in [0.25, 0.3) is 5.91 Å². The molecule has 0 heterocycles. The van der Waals surface area contributed by atoms with Gasteiger partial charge in [-0.25, -0.2) is 0 Å². The molecule has 1 aromatic carbocycles. The van der Waals surface area contributed by atoms with E-state index in [-0.39, 0.29) is 5.91 Å². The molecule has 1 aromatic rings. The van der Waals surface area contributed by atoms with E-state index < -0.39 is 0 Å². The summed E-state index contributed by atoms with van der Waals surface area (Å²) < 4.78 is 5.49. The van der Waals surface area contributed by atoms with E-state index in [1.54, 1.807) is 23.1 Å². The zero-order valence-corrected chi connectivity index (χ0v) is 11.0. The lowest BCUT2D eigenvalue weighted by Gasteiger charge is -2.35. The van der Waals surface area contributed by atoms with Gasteiger partial charge in [-0.05, 0) is 38.3 Å². The van der Waals surface area contributed by atoms with E-state index in [1.807, 2.05) is 14.0 Å². The van der Waals surface area contributed by atoms with Crippen molar-refractivity contribution in [3.8, 4) is 5.75 Å². The Morgan fingerprint density at radius 3 is 2.78 bits per heavy atom. The molecule has 0 unspecified atom stereocenters. The van der Waals surface area contributed by atoms with Gasteiger partial charge in [0.05, 0.1) is 6.61 Å². The first-order valence-corrected chi connectivity index (χ1v) is 6.43. The number of ether oxygens (including phenoxy) is 1. The number of carbonyl (C=O) groups excluding carboxylic acids is 1. The summed E-state index contributed by atoms with van der Waals surface area (Å²) >= 11 is 0. The molecule has 0 bridgehead atoms. The average molecular weight is 248 g/mol. The summed E-state index contributed by atoms with van der Waals surface area (Å²) in [4.78, 5) is 14.3. The maximum Gasteiger partial charge on any atom is 0.259 e. The molecule has 4 nitrogen and oxygen atoms in total. The highest BCUT2D eigenvalue weighted by molar-refractivity contribution is 6.01. The summed E-state index contributed by atoms with van der Waals surface area (Å²) in [7, 11) is 1.84. The molecule has 1 amide bonds. The molecule has 2 N–H and O–H groups in total. The van der Waals surface area contributed by atoms with Crippen molar-refractivity contribution >= 4 is 11.6 Å². The van der Waals surface area contributed by atoms with E-state index >= 15 is 0 Å². The van der Waals surface area contributed by atoms with Gasteiger partial charge in [-0.1, -0.05) is 6.07 Å². The molecule has 98 valence electrons. The van der Waals surface area contributed by atoms with Crippen LogP contribution in [0.3, 0.4) is 0 Å². The van der Waals surface area contributed by atoms with Gasteiger partial charge in [-0.15, -0.1) is 0 Å². The molecule has 0 saturated heterocycles. The third-order valence-corrected chi connectivity index (χ3v) is 3.51. The second kappa shape index (κ2) is 5.29. The van der Waals surface area contributed by atoms with Gasteiger partial charge in [0.2, 0.25) is 0 Å². The Hall–Kier alpha value is -1.71. The number of benzene rings is 1. The first-order chi connectivity index (χ1) is 8.65. The van der Waals surface area contributed by atoms with Gasteiger partial charge in [-0.3, -0.25) is 4.79 Å². The molecule has 2 rings (SSSR count). The van der Waals surface area contributed by atoms with E-state index in [9.17, 15) is 4.79 Å². The van der Waals surface area contributed by atoms with Crippen LogP contribution in [0.4, 0.5) is 5.69 Å². The van der Waals surface area contributed by atoms with Crippen molar-refractivity contribution in [2.24, 2.45) is 0 Å². The van der Waals surface area contributed by atoms with Crippen LogP contribution >= 0.6 is 0 Å². The smallest absolute Gasteiger partial charge is 0.259 e. The maximum absolute atomic E-state index is 12.5. The van der Waals surface area contributed by atoms with E-state index in [0.29, 0.717) is 29.6 Å². The highest BCUT2D eigenvalue weighted by Gasteiger charge is 2.28. The zero-order valence-electron chi connectivity index (χ0n) is 11.0. The molecule has 1 aliphatic carbocycles. The zero-order chi connectivity index (χ0) is 13.1. The maximum atomic E-state index is 12.5. The number of carbonyl (C=O) groups is 1. The number of amides is 1. The fourth-order valence-corrected chi connectivity index (χ4v) is 2.17. The summed E-state index contributed by atoms with van der Waals surface area (Å²) in [6.07, 6.45) is 3.36. The van der Waals surface area contributed by atoms with E-state index in [2.05, 4.69) is 0 Å². The quantitative estimate of drug-likeness (QED) is 0.832. The van der Waals surface area contributed by atoms with Crippen LogP contribution in [0.15, 0.2) is 18.2 Å². The normalized spacial score (nSPS) is 15.0. The fraction of sp³-hybridized carbons (Fsp3) is 0.500. The lowest BCUT2D eigenvalue weighted by molar-refractivity contribution is 0.0649. The first-order valence-electron chi connectivity index (χ1n) is 6.43.